The lowest BCUT2D eigenvalue weighted by Crippen LogP contribution is -2.12. The molecule has 4 heteroatoms. The number of H-pyrrole nitrogens is 1. The van der Waals surface area contributed by atoms with Gasteiger partial charge in [0, 0.05) is 6.07 Å². The molecule has 0 aliphatic rings. The molecule has 19 heavy (non-hydrogen) atoms. The second-order valence-electron chi connectivity index (χ2n) is 4.23. The number of nitrogens with zero attached hydrogens (tertiary/aromatic N) is 1. The van der Waals surface area contributed by atoms with Gasteiger partial charge in [0.1, 0.15) is 5.75 Å². The quantitative estimate of drug-likeness (QED) is 0.736. The zero-order valence-corrected chi connectivity index (χ0v) is 10.1. The van der Waals surface area contributed by atoms with Crippen LogP contribution in [0.25, 0.3) is 16.9 Å². The topological polar surface area (TPSA) is 58.0 Å². The summed E-state index contributed by atoms with van der Waals surface area (Å²) in [7, 11) is 0. The predicted octanol–water partition coefficient (Wildman–Crippen LogP) is 2.54. The normalized spacial score (nSPS) is 10.5. The number of hydrogen-bond acceptors (Lipinski definition) is 2. The van der Waals surface area contributed by atoms with Crippen molar-refractivity contribution in [3.8, 4) is 22.7 Å². The van der Waals surface area contributed by atoms with Crippen LogP contribution in [0.15, 0.2) is 65.5 Å². The Morgan fingerprint density at radius 3 is 2.32 bits per heavy atom. The van der Waals surface area contributed by atoms with E-state index in [0.29, 0.717) is 5.69 Å². The Morgan fingerprint density at radius 1 is 0.947 bits per heavy atom. The van der Waals surface area contributed by atoms with Crippen molar-refractivity contribution in [2.75, 3.05) is 0 Å². The van der Waals surface area contributed by atoms with Gasteiger partial charge in [-0.2, -0.15) is 0 Å². The number of nitrogens with one attached hydrogen (secondary N) is 1. The monoisotopic (exact) mass is 252 g/mol. The number of rotatable bonds is 2. The predicted molar refractivity (Wildman–Crippen MR) is 73.5 cm³/mol. The van der Waals surface area contributed by atoms with Gasteiger partial charge in [-0.05, 0) is 29.8 Å². The van der Waals surface area contributed by atoms with Crippen molar-refractivity contribution < 1.29 is 5.11 Å². The molecule has 0 atom stereocenters. The lowest BCUT2D eigenvalue weighted by molar-refractivity contribution is 0.475. The first-order valence-corrected chi connectivity index (χ1v) is 5.91. The third-order valence-corrected chi connectivity index (χ3v) is 2.91. The van der Waals surface area contributed by atoms with E-state index < -0.39 is 0 Å². The smallest absolute Gasteiger partial charge is 0.271 e. The largest absolute Gasteiger partial charge is 0.508 e. The molecule has 0 saturated carbocycles. The molecule has 0 amide bonds. The Hall–Kier alpha value is -2.75. The van der Waals surface area contributed by atoms with Gasteiger partial charge in [0.2, 0.25) is 0 Å². The number of phenolic OH excluding ortho intramolecular Hbond substituents is 1. The van der Waals surface area contributed by atoms with E-state index in [1.54, 1.807) is 30.3 Å². The zero-order chi connectivity index (χ0) is 13.2. The summed E-state index contributed by atoms with van der Waals surface area (Å²) in [5, 5.41) is 12.3. The summed E-state index contributed by atoms with van der Waals surface area (Å²) in [6.07, 6.45) is 0. The maximum atomic E-state index is 12.0. The Balaban J connectivity index is 2.08. The van der Waals surface area contributed by atoms with Crippen molar-refractivity contribution >= 4 is 0 Å². The Bertz CT molecular complexity index is 740. The Morgan fingerprint density at radius 2 is 1.63 bits per heavy atom. The van der Waals surface area contributed by atoms with Crippen LogP contribution in [0.5, 0.6) is 5.75 Å². The van der Waals surface area contributed by atoms with Gasteiger partial charge in [0.05, 0.1) is 11.4 Å². The minimum absolute atomic E-state index is 0.135. The van der Waals surface area contributed by atoms with Gasteiger partial charge >= 0.3 is 0 Å². The molecule has 0 aliphatic carbocycles. The van der Waals surface area contributed by atoms with E-state index in [2.05, 4.69) is 5.10 Å². The molecule has 0 saturated heterocycles. The van der Waals surface area contributed by atoms with Gasteiger partial charge in [-0.1, -0.05) is 30.3 Å². The summed E-state index contributed by atoms with van der Waals surface area (Å²) in [5.74, 6) is 0.173. The Labute approximate surface area is 109 Å². The van der Waals surface area contributed by atoms with Crippen molar-refractivity contribution in [2.24, 2.45) is 0 Å². The molecule has 4 nitrogen and oxygen atoms in total. The van der Waals surface area contributed by atoms with Gasteiger partial charge in [-0.3, -0.25) is 9.89 Å². The van der Waals surface area contributed by atoms with Gasteiger partial charge in [0.15, 0.2) is 0 Å². The molecule has 3 rings (SSSR count). The minimum Gasteiger partial charge on any atom is -0.508 e. The Kier molecular flexibility index (Phi) is 2.68. The summed E-state index contributed by atoms with van der Waals surface area (Å²) >= 11 is 0. The van der Waals surface area contributed by atoms with Crippen molar-refractivity contribution in [3.63, 3.8) is 0 Å². The van der Waals surface area contributed by atoms with Crippen LogP contribution in [-0.2, 0) is 0 Å². The number of benzene rings is 2. The molecule has 3 aromatic rings. The van der Waals surface area contributed by atoms with Gasteiger partial charge in [0.25, 0.3) is 5.56 Å². The van der Waals surface area contributed by atoms with Crippen LogP contribution in [0.1, 0.15) is 0 Å². The van der Waals surface area contributed by atoms with Crippen molar-refractivity contribution in [1.82, 2.24) is 9.78 Å². The molecule has 1 aromatic heterocycles. The number of aromatic amines is 1. The van der Waals surface area contributed by atoms with Gasteiger partial charge in [-0.15, -0.1) is 0 Å². The third kappa shape index (κ3) is 2.15. The highest BCUT2D eigenvalue weighted by Gasteiger charge is 2.06. The number of phenols is 1. The molecule has 0 unspecified atom stereocenters. The van der Waals surface area contributed by atoms with E-state index in [4.69, 9.17) is 0 Å². The first-order valence-electron chi connectivity index (χ1n) is 5.91. The van der Waals surface area contributed by atoms with Gasteiger partial charge in [-0.25, -0.2) is 4.68 Å². The van der Waals surface area contributed by atoms with Crippen LogP contribution in [0.4, 0.5) is 0 Å². The molecule has 0 radical (unpaired) electrons. The summed E-state index contributed by atoms with van der Waals surface area (Å²) in [5.41, 5.74) is 2.27. The van der Waals surface area contributed by atoms with Crippen LogP contribution in [-0.4, -0.2) is 14.9 Å². The molecule has 0 bridgehead atoms. The van der Waals surface area contributed by atoms with Crippen LogP contribution in [0.3, 0.4) is 0 Å². The van der Waals surface area contributed by atoms with E-state index in [9.17, 15) is 9.90 Å². The standard InChI is InChI=1S/C15H12N2O2/c18-13-8-6-12(7-9-13)17-15(19)10-14(16-17)11-4-2-1-3-5-11/h1-10,16,18H. The first-order chi connectivity index (χ1) is 9.24. The van der Waals surface area contributed by atoms with Crippen LogP contribution >= 0.6 is 0 Å². The molecule has 2 aromatic carbocycles. The van der Waals surface area contributed by atoms with E-state index in [-0.39, 0.29) is 11.3 Å². The van der Waals surface area contributed by atoms with E-state index in [1.807, 2.05) is 30.3 Å². The fourth-order valence-corrected chi connectivity index (χ4v) is 1.95. The van der Waals surface area contributed by atoms with E-state index in [1.165, 1.54) is 4.68 Å². The first kappa shape index (κ1) is 11.3. The highest BCUT2D eigenvalue weighted by atomic mass is 16.3. The molecule has 0 aliphatic heterocycles. The van der Waals surface area contributed by atoms with Crippen molar-refractivity contribution in [1.29, 1.82) is 0 Å². The fourth-order valence-electron chi connectivity index (χ4n) is 1.95. The highest BCUT2D eigenvalue weighted by molar-refractivity contribution is 5.58. The van der Waals surface area contributed by atoms with Crippen molar-refractivity contribution in [2.45, 2.75) is 0 Å². The fraction of sp³-hybridized carbons (Fsp3) is 0. The average Bonchev–Trinajstić information content (AvgIpc) is 2.83. The molecule has 1 heterocycles. The molecule has 2 N–H and O–H groups in total. The lowest BCUT2D eigenvalue weighted by Gasteiger charge is -2.02. The SMILES string of the molecule is O=c1cc(-c2ccccc2)[nH]n1-c1ccc(O)cc1. The summed E-state index contributed by atoms with van der Waals surface area (Å²) in [4.78, 5) is 12.0. The summed E-state index contributed by atoms with van der Waals surface area (Å²) in [6, 6.07) is 17.7. The average molecular weight is 252 g/mol. The summed E-state index contributed by atoms with van der Waals surface area (Å²) in [6.45, 7) is 0. The van der Waals surface area contributed by atoms with Gasteiger partial charge < -0.3 is 5.11 Å². The summed E-state index contributed by atoms with van der Waals surface area (Å²) < 4.78 is 1.45. The molecular formula is C15H12N2O2. The second-order valence-corrected chi connectivity index (χ2v) is 4.23. The van der Waals surface area contributed by atoms with Crippen LogP contribution < -0.4 is 5.56 Å². The van der Waals surface area contributed by atoms with Crippen LogP contribution in [0, 0.1) is 0 Å². The molecule has 0 spiro atoms. The van der Waals surface area contributed by atoms with Crippen molar-refractivity contribution in [3.05, 3.63) is 71.0 Å². The molecule has 94 valence electrons. The zero-order valence-electron chi connectivity index (χ0n) is 10.1. The van der Waals surface area contributed by atoms with E-state index in [0.717, 1.165) is 11.3 Å². The van der Waals surface area contributed by atoms with E-state index >= 15 is 0 Å². The molecular weight excluding hydrogens is 240 g/mol. The third-order valence-electron chi connectivity index (χ3n) is 2.91. The number of hydrogen-bond donors (Lipinski definition) is 2. The maximum Gasteiger partial charge on any atom is 0.271 e. The maximum absolute atomic E-state index is 12.0. The highest BCUT2D eigenvalue weighted by Crippen LogP contribution is 2.16. The second kappa shape index (κ2) is 4.49. The lowest BCUT2D eigenvalue weighted by atomic mass is 10.2. The number of aromatic hydroxyl groups is 1. The number of aromatic nitrogens is 2. The van der Waals surface area contributed by atoms with Crippen LogP contribution in [0.2, 0.25) is 0 Å². The minimum atomic E-state index is -0.135. The molecule has 0 fully saturated rings.